The number of alkyl halides is 3. The molecule has 0 saturated carbocycles. The molecule has 0 radical (unpaired) electrons. The first kappa shape index (κ1) is 15.8. The molecule has 9 heteroatoms. The highest BCUT2D eigenvalue weighted by Gasteiger charge is 2.33. The second kappa shape index (κ2) is 6.04. The number of esters is 1. The van der Waals surface area contributed by atoms with Crippen molar-refractivity contribution in [3.8, 4) is 5.75 Å². The number of carbonyl (C=O) groups is 2. The summed E-state index contributed by atoms with van der Waals surface area (Å²) in [4.78, 5) is 23.0. The molecule has 2 rings (SSSR count). The zero-order valence-corrected chi connectivity index (χ0v) is 11.3. The van der Waals surface area contributed by atoms with Gasteiger partial charge in [-0.25, -0.2) is 5.43 Å². The molecule has 1 atom stereocenters. The Balaban J connectivity index is 2.15. The molecule has 0 fully saturated rings. The highest BCUT2D eigenvalue weighted by molar-refractivity contribution is 6.10. The van der Waals surface area contributed by atoms with Gasteiger partial charge in [0.2, 0.25) is 0 Å². The van der Waals surface area contributed by atoms with Crippen LogP contribution in [-0.2, 0) is 14.3 Å². The van der Waals surface area contributed by atoms with Crippen LogP contribution in [0.3, 0.4) is 0 Å². The quantitative estimate of drug-likeness (QED) is 0.679. The second-order valence-electron chi connectivity index (χ2n) is 4.39. The van der Waals surface area contributed by atoms with Crippen molar-refractivity contribution in [1.29, 1.82) is 0 Å². The number of nitrogens with one attached hydrogen (secondary N) is 1. The first-order valence-electron chi connectivity index (χ1n) is 6.10. The van der Waals surface area contributed by atoms with Crippen LogP contribution in [0.15, 0.2) is 29.4 Å². The number of nitrogens with zero attached hydrogens (tertiary/aromatic N) is 1. The molecule has 1 aliphatic heterocycles. The molecule has 118 valence electrons. The monoisotopic (exact) mass is 316 g/mol. The lowest BCUT2D eigenvalue weighted by Gasteiger charge is -2.19. The molecule has 0 spiro atoms. The summed E-state index contributed by atoms with van der Waals surface area (Å²) in [5, 5.41) is 3.80. The minimum absolute atomic E-state index is 0.00200. The van der Waals surface area contributed by atoms with Gasteiger partial charge in [-0.15, -0.1) is 13.2 Å². The molecule has 1 aliphatic rings. The zero-order chi connectivity index (χ0) is 16.3. The first-order valence-corrected chi connectivity index (χ1v) is 6.10. The number of carbonyl (C=O) groups excluding carboxylic acids is 2. The van der Waals surface area contributed by atoms with Crippen LogP contribution in [-0.4, -0.2) is 31.1 Å². The van der Waals surface area contributed by atoms with Gasteiger partial charge in [-0.2, -0.15) is 5.10 Å². The molecule has 1 heterocycles. The smallest absolute Gasteiger partial charge is 0.468 e. The standard InChI is InChI=1S/C13H11F3N2O4/c1-21-12(20)9-6-10(17-18-11(9)19)7-2-4-8(5-3-7)22-13(14,15)16/h2-5,9H,6H2,1H3,(H,18,19). The summed E-state index contributed by atoms with van der Waals surface area (Å²) in [7, 11) is 1.16. The van der Waals surface area contributed by atoms with Crippen LogP contribution in [0.5, 0.6) is 5.75 Å². The van der Waals surface area contributed by atoms with E-state index in [0.29, 0.717) is 11.3 Å². The summed E-state index contributed by atoms with van der Waals surface area (Å²) in [6.07, 6.45) is -4.77. The van der Waals surface area contributed by atoms with Crippen molar-refractivity contribution in [2.24, 2.45) is 11.0 Å². The van der Waals surface area contributed by atoms with Crippen LogP contribution in [0.4, 0.5) is 13.2 Å². The van der Waals surface area contributed by atoms with E-state index in [-0.39, 0.29) is 12.2 Å². The maximum atomic E-state index is 12.1. The average Bonchev–Trinajstić information content (AvgIpc) is 2.46. The van der Waals surface area contributed by atoms with Gasteiger partial charge in [0.1, 0.15) is 11.7 Å². The Morgan fingerprint density at radius 3 is 2.50 bits per heavy atom. The molecular weight excluding hydrogens is 305 g/mol. The van der Waals surface area contributed by atoms with E-state index in [0.717, 1.165) is 19.2 Å². The zero-order valence-electron chi connectivity index (χ0n) is 11.3. The Hall–Kier alpha value is -2.58. The van der Waals surface area contributed by atoms with Crippen LogP contribution in [0.2, 0.25) is 0 Å². The number of rotatable bonds is 3. The fourth-order valence-corrected chi connectivity index (χ4v) is 1.90. The van der Waals surface area contributed by atoms with Crippen LogP contribution < -0.4 is 10.2 Å². The molecule has 6 nitrogen and oxygen atoms in total. The van der Waals surface area contributed by atoms with Gasteiger partial charge in [0, 0.05) is 6.42 Å². The Morgan fingerprint density at radius 1 is 1.32 bits per heavy atom. The highest BCUT2D eigenvalue weighted by atomic mass is 19.4. The molecule has 0 saturated heterocycles. The SMILES string of the molecule is COC(=O)C1CC(c2ccc(OC(F)(F)F)cc2)=NNC1=O. The van der Waals surface area contributed by atoms with E-state index in [1.165, 1.54) is 12.1 Å². The highest BCUT2D eigenvalue weighted by Crippen LogP contribution is 2.24. The molecular formula is C13H11F3N2O4. The predicted molar refractivity (Wildman–Crippen MR) is 67.9 cm³/mol. The second-order valence-corrected chi connectivity index (χ2v) is 4.39. The molecule has 0 aromatic heterocycles. The molecule has 1 aromatic rings. The molecule has 1 amide bonds. The lowest BCUT2D eigenvalue weighted by molar-refractivity contribution is -0.274. The summed E-state index contributed by atoms with van der Waals surface area (Å²) >= 11 is 0. The molecule has 22 heavy (non-hydrogen) atoms. The van der Waals surface area contributed by atoms with Crippen molar-refractivity contribution in [2.75, 3.05) is 7.11 Å². The van der Waals surface area contributed by atoms with Crippen molar-refractivity contribution in [3.05, 3.63) is 29.8 Å². The van der Waals surface area contributed by atoms with Gasteiger partial charge in [-0.3, -0.25) is 9.59 Å². The summed E-state index contributed by atoms with van der Waals surface area (Å²) in [5.74, 6) is -2.71. The molecule has 1 unspecified atom stereocenters. The van der Waals surface area contributed by atoms with Gasteiger partial charge in [0.25, 0.3) is 5.91 Å². The minimum Gasteiger partial charge on any atom is -0.468 e. The number of halogens is 3. The van der Waals surface area contributed by atoms with Gasteiger partial charge >= 0.3 is 12.3 Å². The van der Waals surface area contributed by atoms with Gasteiger partial charge in [0.05, 0.1) is 12.8 Å². The van der Waals surface area contributed by atoms with E-state index in [2.05, 4.69) is 20.0 Å². The van der Waals surface area contributed by atoms with Gasteiger partial charge in [-0.1, -0.05) is 0 Å². The lowest BCUT2D eigenvalue weighted by Crippen LogP contribution is -2.39. The topological polar surface area (TPSA) is 77.0 Å². The number of hydrogen-bond acceptors (Lipinski definition) is 5. The van der Waals surface area contributed by atoms with E-state index in [4.69, 9.17) is 0 Å². The van der Waals surface area contributed by atoms with E-state index in [9.17, 15) is 22.8 Å². The Morgan fingerprint density at radius 2 is 1.95 bits per heavy atom. The lowest BCUT2D eigenvalue weighted by atomic mass is 9.95. The summed E-state index contributed by atoms with van der Waals surface area (Å²) in [6.45, 7) is 0. The van der Waals surface area contributed by atoms with Crippen LogP contribution in [0, 0.1) is 5.92 Å². The van der Waals surface area contributed by atoms with Crippen molar-refractivity contribution >= 4 is 17.6 Å². The average molecular weight is 316 g/mol. The summed E-state index contributed by atoms with van der Waals surface area (Å²) < 4.78 is 44.5. The van der Waals surface area contributed by atoms with Crippen molar-refractivity contribution in [3.63, 3.8) is 0 Å². The number of amides is 1. The molecule has 1 N–H and O–H groups in total. The maximum Gasteiger partial charge on any atom is 0.573 e. The maximum absolute atomic E-state index is 12.1. The Labute approximate surface area is 122 Å². The van der Waals surface area contributed by atoms with Crippen LogP contribution in [0.25, 0.3) is 0 Å². The van der Waals surface area contributed by atoms with Gasteiger partial charge in [-0.05, 0) is 29.8 Å². The third-order valence-corrected chi connectivity index (χ3v) is 2.92. The van der Waals surface area contributed by atoms with Crippen LogP contribution in [0.1, 0.15) is 12.0 Å². The third kappa shape index (κ3) is 3.74. The van der Waals surface area contributed by atoms with Gasteiger partial charge < -0.3 is 9.47 Å². The fourth-order valence-electron chi connectivity index (χ4n) is 1.90. The molecule has 0 bridgehead atoms. The molecule has 1 aromatic carbocycles. The largest absolute Gasteiger partial charge is 0.573 e. The minimum atomic E-state index is -4.77. The predicted octanol–water partition coefficient (Wildman–Crippen LogP) is 1.60. The number of methoxy groups -OCH3 is 1. The normalized spacial score (nSPS) is 18.3. The van der Waals surface area contributed by atoms with E-state index in [1.54, 1.807) is 0 Å². The fraction of sp³-hybridized carbons (Fsp3) is 0.308. The third-order valence-electron chi connectivity index (χ3n) is 2.92. The van der Waals surface area contributed by atoms with Crippen molar-refractivity contribution in [2.45, 2.75) is 12.8 Å². The van der Waals surface area contributed by atoms with E-state index in [1.807, 2.05) is 0 Å². The van der Waals surface area contributed by atoms with E-state index >= 15 is 0 Å². The first-order chi connectivity index (χ1) is 10.3. The number of hydrazone groups is 1. The number of benzene rings is 1. The number of hydrogen-bond donors (Lipinski definition) is 1. The van der Waals surface area contributed by atoms with Crippen molar-refractivity contribution < 1.29 is 32.2 Å². The van der Waals surface area contributed by atoms with Crippen LogP contribution >= 0.6 is 0 Å². The van der Waals surface area contributed by atoms with Crippen molar-refractivity contribution in [1.82, 2.24) is 5.43 Å². The Bertz CT molecular complexity index is 611. The van der Waals surface area contributed by atoms with Gasteiger partial charge in [0.15, 0.2) is 0 Å². The summed E-state index contributed by atoms with van der Waals surface area (Å²) in [6, 6.07) is 4.95. The Kier molecular flexibility index (Phi) is 4.34. The number of ether oxygens (including phenoxy) is 2. The molecule has 0 aliphatic carbocycles. The van der Waals surface area contributed by atoms with E-state index < -0.39 is 24.2 Å². The summed E-state index contributed by atoms with van der Waals surface area (Å²) in [5.41, 5.74) is 3.00.